The second-order valence-electron chi connectivity index (χ2n) is 7.48. The van der Waals surface area contributed by atoms with Gasteiger partial charge in [0.25, 0.3) is 0 Å². The molecule has 0 saturated heterocycles. The van der Waals surface area contributed by atoms with Crippen LogP contribution in [0, 0.1) is 11.8 Å². The first kappa shape index (κ1) is 18.9. The van der Waals surface area contributed by atoms with E-state index in [4.69, 9.17) is 4.74 Å². The lowest BCUT2D eigenvalue weighted by Gasteiger charge is -2.36. The van der Waals surface area contributed by atoms with Crippen molar-refractivity contribution in [3.63, 3.8) is 0 Å². The Hall–Kier alpha value is -0.160. The predicted octanol–water partition coefficient (Wildman–Crippen LogP) is 2.33. The first-order valence-electron chi connectivity index (χ1n) is 8.53. The Morgan fingerprint density at radius 1 is 1.33 bits per heavy atom. The van der Waals surface area contributed by atoms with Gasteiger partial charge in [-0.2, -0.15) is 0 Å². The first-order valence-corrected chi connectivity index (χ1v) is 8.53. The van der Waals surface area contributed by atoms with Crippen LogP contribution in [0.3, 0.4) is 0 Å². The number of aliphatic hydroxyl groups excluding tert-OH is 1. The number of aliphatic hydroxyl groups is 2. The van der Waals surface area contributed by atoms with Gasteiger partial charge in [-0.25, -0.2) is 0 Å². The minimum Gasteiger partial charge on any atom is -0.389 e. The van der Waals surface area contributed by atoms with Gasteiger partial charge < -0.3 is 20.3 Å². The number of hydrogen-bond acceptors (Lipinski definition) is 4. The molecule has 126 valence electrons. The third-order valence-electron chi connectivity index (χ3n) is 4.28. The molecule has 4 unspecified atom stereocenters. The zero-order chi connectivity index (χ0) is 15.9. The van der Waals surface area contributed by atoms with E-state index in [0.29, 0.717) is 31.5 Å². The SMILES string of the molecule is CC(C)CC(C)OCC(O)CNCC1(O)CCCC(C)C1. The molecule has 0 aromatic carbocycles. The standard InChI is InChI=1S/C17H35NO3/c1-13(2)8-15(4)21-11-16(19)10-18-12-17(20)7-5-6-14(3)9-17/h13-16,18-20H,5-12H2,1-4H3. The molecule has 0 radical (unpaired) electrons. The van der Waals surface area contributed by atoms with E-state index in [9.17, 15) is 10.2 Å². The lowest BCUT2D eigenvalue weighted by atomic mass is 9.79. The first-order chi connectivity index (χ1) is 9.81. The van der Waals surface area contributed by atoms with E-state index < -0.39 is 11.7 Å². The molecule has 0 aromatic rings. The number of hydrogen-bond donors (Lipinski definition) is 3. The topological polar surface area (TPSA) is 61.7 Å². The summed E-state index contributed by atoms with van der Waals surface area (Å²) >= 11 is 0. The molecule has 0 aromatic heterocycles. The Morgan fingerprint density at radius 3 is 2.67 bits per heavy atom. The van der Waals surface area contributed by atoms with Gasteiger partial charge in [0.2, 0.25) is 0 Å². The molecular weight excluding hydrogens is 266 g/mol. The monoisotopic (exact) mass is 301 g/mol. The van der Waals surface area contributed by atoms with Crippen molar-refractivity contribution in [2.75, 3.05) is 19.7 Å². The molecule has 4 nitrogen and oxygen atoms in total. The quantitative estimate of drug-likeness (QED) is 0.612. The molecule has 1 saturated carbocycles. The minimum atomic E-state index is -0.594. The van der Waals surface area contributed by atoms with Crippen LogP contribution >= 0.6 is 0 Å². The van der Waals surface area contributed by atoms with Crippen LogP contribution in [0.15, 0.2) is 0 Å². The summed E-state index contributed by atoms with van der Waals surface area (Å²) in [6.07, 6.45) is 4.72. The summed E-state index contributed by atoms with van der Waals surface area (Å²) in [5, 5.41) is 23.6. The Labute approximate surface area is 130 Å². The lowest BCUT2D eigenvalue weighted by molar-refractivity contribution is -0.0245. The highest BCUT2D eigenvalue weighted by molar-refractivity contribution is 4.87. The van der Waals surface area contributed by atoms with Gasteiger partial charge in [-0.15, -0.1) is 0 Å². The Kier molecular flexibility index (Phi) is 8.17. The Bertz CT molecular complexity index is 285. The minimum absolute atomic E-state index is 0.183. The lowest BCUT2D eigenvalue weighted by Crippen LogP contribution is -2.46. The highest BCUT2D eigenvalue weighted by atomic mass is 16.5. The average molecular weight is 301 g/mol. The zero-order valence-corrected chi connectivity index (χ0v) is 14.3. The molecule has 0 aliphatic heterocycles. The van der Waals surface area contributed by atoms with Crippen molar-refractivity contribution in [3.8, 4) is 0 Å². The Morgan fingerprint density at radius 2 is 2.05 bits per heavy atom. The molecule has 0 amide bonds. The highest BCUT2D eigenvalue weighted by Crippen LogP contribution is 2.31. The van der Waals surface area contributed by atoms with Gasteiger partial charge in [0.15, 0.2) is 0 Å². The van der Waals surface area contributed by atoms with Crippen molar-refractivity contribution < 1.29 is 14.9 Å². The maximum atomic E-state index is 10.5. The van der Waals surface area contributed by atoms with Crippen molar-refractivity contribution in [1.82, 2.24) is 5.32 Å². The van der Waals surface area contributed by atoms with Crippen LogP contribution in [0.25, 0.3) is 0 Å². The molecular formula is C17H35NO3. The van der Waals surface area contributed by atoms with E-state index in [-0.39, 0.29) is 6.10 Å². The van der Waals surface area contributed by atoms with Crippen molar-refractivity contribution >= 4 is 0 Å². The molecule has 4 heteroatoms. The fourth-order valence-corrected chi connectivity index (χ4v) is 3.33. The van der Waals surface area contributed by atoms with Crippen molar-refractivity contribution in [2.24, 2.45) is 11.8 Å². The van der Waals surface area contributed by atoms with Gasteiger partial charge in [0, 0.05) is 13.1 Å². The van der Waals surface area contributed by atoms with Crippen LogP contribution < -0.4 is 5.32 Å². The zero-order valence-electron chi connectivity index (χ0n) is 14.3. The summed E-state index contributed by atoms with van der Waals surface area (Å²) in [7, 11) is 0. The summed E-state index contributed by atoms with van der Waals surface area (Å²) in [4.78, 5) is 0. The molecule has 4 atom stereocenters. The van der Waals surface area contributed by atoms with Gasteiger partial charge in [-0.3, -0.25) is 0 Å². The van der Waals surface area contributed by atoms with Crippen LogP contribution in [0.4, 0.5) is 0 Å². The van der Waals surface area contributed by atoms with Crippen molar-refractivity contribution in [1.29, 1.82) is 0 Å². The van der Waals surface area contributed by atoms with Gasteiger partial charge in [-0.05, 0) is 38.0 Å². The van der Waals surface area contributed by atoms with E-state index >= 15 is 0 Å². The van der Waals surface area contributed by atoms with Crippen LogP contribution in [0.1, 0.15) is 59.8 Å². The second kappa shape index (κ2) is 9.09. The number of rotatable bonds is 9. The van der Waals surface area contributed by atoms with E-state index in [2.05, 4.69) is 26.1 Å². The molecule has 0 heterocycles. The van der Waals surface area contributed by atoms with Crippen LogP contribution in [0.2, 0.25) is 0 Å². The third kappa shape index (κ3) is 8.15. The molecule has 0 bridgehead atoms. The number of ether oxygens (including phenoxy) is 1. The Balaban J connectivity index is 2.14. The van der Waals surface area contributed by atoms with E-state index in [1.807, 2.05) is 6.92 Å². The van der Waals surface area contributed by atoms with Gasteiger partial charge in [0.05, 0.1) is 24.4 Å². The molecule has 1 aliphatic carbocycles. The van der Waals surface area contributed by atoms with Crippen LogP contribution in [-0.2, 0) is 4.74 Å². The smallest absolute Gasteiger partial charge is 0.0897 e. The number of nitrogens with one attached hydrogen (secondary N) is 1. The third-order valence-corrected chi connectivity index (χ3v) is 4.28. The van der Waals surface area contributed by atoms with Gasteiger partial charge in [0.1, 0.15) is 0 Å². The van der Waals surface area contributed by atoms with E-state index in [0.717, 1.165) is 25.7 Å². The summed E-state index contributed by atoms with van der Waals surface area (Å²) < 4.78 is 5.65. The van der Waals surface area contributed by atoms with Crippen molar-refractivity contribution in [2.45, 2.75) is 77.6 Å². The fourth-order valence-electron chi connectivity index (χ4n) is 3.33. The normalized spacial score (nSPS) is 29.6. The van der Waals surface area contributed by atoms with E-state index in [1.165, 1.54) is 6.42 Å². The average Bonchev–Trinajstić information content (AvgIpc) is 2.35. The molecule has 21 heavy (non-hydrogen) atoms. The van der Waals surface area contributed by atoms with Gasteiger partial charge >= 0.3 is 0 Å². The molecule has 1 aliphatic rings. The molecule has 1 rings (SSSR count). The summed E-state index contributed by atoms with van der Waals surface area (Å²) in [5.41, 5.74) is -0.594. The fraction of sp³-hybridized carbons (Fsp3) is 1.00. The van der Waals surface area contributed by atoms with E-state index in [1.54, 1.807) is 0 Å². The van der Waals surface area contributed by atoms with Crippen molar-refractivity contribution in [3.05, 3.63) is 0 Å². The molecule has 0 spiro atoms. The second-order valence-corrected chi connectivity index (χ2v) is 7.48. The van der Waals surface area contributed by atoms with Crippen LogP contribution in [-0.4, -0.2) is 47.7 Å². The highest BCUT2D eigenvalue weighted by Gasteiger charge is 2.32. The largest absolute Gasteiger partial charge is 0.389 e. The maximum absolute atomic E-state index is 10.5. The van der Waals surface area contributed by atoms with Gasteiger partial charge in [-0.1, -0.05) is 33.6 Å². The summed E-state index contributed by atoms with van der Waals surface area (Å²) in [6.45, 7) is 9.99. The predicted molar refractivity (Wildman–Crippen MR) is 86.3 cm³/mol. The summed E-state index contributed by atoms with van der Waals surface area (Å²) in [6, 6.07) is 0. The molecule has 1 fully saturated rings. The summed E-state index contributed by atoms with van der Waals surface area (Å²) in [5.74, 6) is 1.20. The molecule has 3 N–H and O–H groups in total. The van der Waals surface area contributed by atoms with Crippen LogP contribution in [0.5, 0.6) is 0 Å². The maximum Gasteiger partial charge on any atom is 0.0897 e.